The van der Waals surface area contributed by atoms with Crippen LogP contribution in [0.15, 0.2) is 37.1 Å². The molecule has 3 heterocycles. The summed E-state index contributed by atoms with van der Waals surface area (Å²) in [7, 11) is -0.412. The highest BCUT2D eigenvalue weighted by Gasteiger charge is 2.27. The minimum Gasteiger partial charge on any atom is -0.495 e. The second-order valence-electron chi connectivity index (χ2n) is 9.46. The number of ether oxygens (including phenoxy) is 3. The molecule has 1 aliphatic rings. The van der Waals surface area contributed by atoms with Crippen LogP contribution in [0.3, 0.4) is 0 Å². The molecule has 0 radical (unpaired) electrons. The Bertz CT molecular complexity index is 1560. The first kappa shape index (κ1) is 31.6. The topological polar surface area (TPSA) is 153 Å². The fraction of sp³-hybridized carbons (Fsp3) is 0.370. The quantitative estimate of drug-likeness (QED) is 0.171. The van der Waals surface area contributed by atoms with Crippen LogP contribution < -0.4 is 30.1 Å². The molecule has 1 aromatic carbocycles. The number of nitrogens with zero attached hydrogens (tertiary/aromatic N) is 2. The Kier molecular flexibility index (Phi) is 10.3. The van der Waals surface area contributed by atoms with Crippen LogP contribution in [0.4, 0.5) is 11.6 Å². The molecule has 2 atom stereocenters. The zero-order chi connectivity index (χ0) is 30.4. The van der Waals surface area contributed by atoms with Crippen molar-refractivity contribution in [2.45, 2.75) is 18.5 Å². The van der Waals surface area contributed by atoms with E-state index in [1.165, 1.54) is 20.3 Å². The highest BCUT2D eigenvalue weighted by Crippen LogP contribution is 2.46. The number of sulfonamides is 1. The van der Waals surface area contributed by atoms with E-state index in [1.807, 2.05) is 6.07 Å². The molecular formula is C27H32Cl2N6O6S. The Hall–Kier alpha value is -3.36. The largest absolute Gasteiger partial charge is 0.495 e. The summed E-state index contributed by atoms with van der Waals surface area (Å²) in [6.45, 7) is 4.78. The Labute approximate surface area is 254 Å². The molecule has 2 aromatic heterocycles. The van der Waals surface area contributed by atoms with Gasteiger partial charge in [-0.25, -0.2) is 23.1 Å². The number of nitrogens with one attached hydrogen (secondary N) is 4. The summed E-state index contributed by atoms with van der Waals surface area (Å²) in [4.78, 5) is 21.4. The highest BCUT2D eigenvalue weighted by atomic mass is 35.5. The number of methoxy groups -OCH3 is 2. The maximum atomic E-state index is 12.0. The van der Waals surface area contributed by atoms with Gasteiger partial charge in [-0.15, -0.1) is 0 Å². The van der Waals surface area contributed by atoms with Crippen LogP contribution >= 0.6 is 23.2 Å². The van der Waals surface area contributed by atoms with Crippen molar-refractivity contribution < 1.29 is 27.4 Å². The van der Waals surface area contributed by atoms with Gasteiger partial charge in [0, 0.05) is 48.3 Å². The molecule has 12 nitrogen and oxygen atoms in total. The van der Waals surface area contributed by atoms with Crippen LogP contribution in [0.2, 0.25) is 10.0 Å². The third-order valence-electron chi connectivity index (χ3n) is 6.53. The fourth-order valence-corrected chi connectivity index (χ4v) is 5.67. The van der Waals surface area contributed by atoms with Crippen LogP contribution in [-0.4, -0.2) is 83.2 Å². The van der Waals surface area contributed by atoms with E-state index in [1.54, 1.807) is 18.3 Å². The van der Waals surface area contributed by atoms with Crippen molar-refractivity contribution in [3.63, 3.8) is 0 Å². The van der Waals surface area contributed by atoms with Gasteiger partial charge in [-0.2, -0.15) is 0 Å². The number of hydrogen-bond acceptors (Lipinski definition) is 10. The number of aromatic nitrogens is 2. The van der Waals surface area contributed by atoms with Gasteiger partial charge in [0.15, 0.2) is 0 Å². The van der Waals surface area contributed by atoms with Gasteiger partial charge in [0.25, 0.3) is 0 Å². The van der Waals surface area contributed by atoms with Crippen molar-refractivity contribution in [2.75, 3.05) is 57.4 Å². The highest BCUT2D eigenvalue weighted by molar-refractivity contribution is 7.88. The molecule has 4 rings (SSSR count). The molecule has 42 heavy (non-hydrogen) atoms. The summed E-state index contributed by atoms with van der Waals surface area (Å²) >= 11 is 13.4. The monoisotopic (exact) mass is 638 g/mol. The Morgan fingerprint density at radius 1 is 1.14 bits per heavy atom. The van der Waals surface area contributed by atoms with Crippen LogP contribution in [-0.2, 0) is 19.6 Å². The Balaban J connectivity index is 1.75. The Morgan fingerprint density at radius 3 is 2.50 bits per heavy atom. The SMILES string of the molecule is C=CC(=O)N[C@H]1CCOC[C@H]1Nc1cc2c(NCCNS(C)(=O)=O)nc(-c3c(Cl)c(OC)cc(OC)c3Cl)cc2cn1. The van der Waals surface area contributed by atoms with E-state index < -0.39 is 10.0 Å². The molecule has 4 N–H and O–H groups in total. The molecule has 0 bridgehead atoms. The van der Waals surface area contributed by atoms with Gasteiger partial charge in [-0.3, -0.25) is 4.79 Å². The van der Waals surface area contributed by atoms with E-state index in [4.69, 9.17) is 42.4 Å². The van der Waals surface area contributed by atoms with Gasteiger partial charge in [0.2, 0.25) is 15.9 Å². The summed E-state index contributed by atoms with van der Waals surface area (Å²) in [5, 5.41) is 11.4. The molecule has 1 aliphatic heterocycles. The second-order valence-corrected chi connectivity index (χ2v) is 12.0. The number of amides is 1. The number of hydrogen-bond donors (Lipinski definition) is 4. The average Bonchev–Trinajstić information content (AvgIpc) is 2.96. The summed E-state index contributed by atoms with van der Waals surface area (Å²) in [5.74, 6) is 1.41. The van der Waals surface area contributed by atoms with Crippen LogP contribution in [0.1, 0.15) is 6.42 Å². The standard InChI is InChI=1S/C27H32Cl2N6O6S/c1-5-23(36)34-17-6-9-41-14-19(17)33-22-11-16-15(13-31-22)10-18(35-27(16)30-7-8-32-42(4,37)38)24-25(28)20(39-2)12-21(40-3)26(24)29/h5,10-13,17,19,32H,1,6-9,14H2,2-4H3,(H,30,35)(H,31,33)(H,34,36)/t17-,19+/m0/s1. The lowest BCUT2D eigenvalue weighted by molar-refractivity contribution is -0.117. The van der Waals surface area contributed by atoms with Gasteiger partial charge in [-0.05, 0) is 24.6 Å². The van der Waals surface area contributed by atoms with Gasteiger partial charge in [0.05, 0.1) is 54.9 Å². The lowest BCUT2D eigenvalue weighted by Gasteiger charge is -2.32. The van der Waals surface area contributed by atoms with Crippen molar-refractivity contribution in [2.24, 2.45) is 0 Å². The van der Waals surface area contributed by atoms with Gasteiger partial charge in [0.1, 0.15) is 23.1 Å². The molecule has 3 aromatic rings. The Morgan fingerprint density at radius 2 is 1.86 bits per heavy atom. The molecule has 0 saturated carbocycles. The minimum absolute atomic E-state index is 0.126. The van der Waals surface area contributed by atoms with E-state index in [2.05, 4.69) is 32.2 Å². The lowest BCUT2D eigenvalue weighted by atomic mass is 10.0. The van der Waals surface area contributed by atoms with Crippen molar-refractivity contribution >= 4 is 61.5 Å². The fourth-order valence-electron chi connectivity index (χ4n) is 4.50. The van der Waals surface area contributed by atoms with Crippen molar-refractivity contribution in [1.29, 1.82) is 0 Å². The third-order valence-corrected chi connectivity index (χ3v) is 8.01. The smallest absolute Gasteiger partial charge is 0.243 e. The molecular weight excluding hydrogens is 607 g/mol. The molecule has 0 aliphatic carbocycles. The zero-order valence-electron chi connectivity index (χ0n) is 23.3. The number of rotatable bonds is 12. The summed E-state index contributed by atoms with van der Waals surface area (Å²) in [6.07, 6.45) is 4.62. The third kappa shape index (κ3) is 7.53. The van der Waals surface area contributed by atoms with E-state index in [9.17, 15) is 13.2 Å². The molecule has 226 valence electrons. The van der Waals surface area contributed by atoms with Crippen LogP contribution in [0.25, 0.3) is 22.0 Å². The predicted octanol–water partition coefficient (Wildman–Crippen LogP) is 3.45. The van der Waals surface area contributed by atoms with E-state index in [0.717, 1.165) is 6.26 Å². The van der Waals surface area contributed by atoms with Crippen molar-refractivity contribution in [1.82, 2.24) is 20.0 Å². The van der Waals surface area contributed by atoms with E-state index in [0.29, 0.717) is 64.8 Å². The summed E-state index contributed by atoms with van der Waals surface area (Å²) in [5.41, 5.74) is 0.819. The predicted molar refractivity (Wildman–Crippen MR) is 164 cm³/mol. The lowest BCUT2D eigenvalue weighted by Crippen LogP contribution is -2.52. The number of carbonyl (C=O) groups is 1. The number of benzene rings is 1. The number of halogens is 2. The normalized spacial score (nSPS) is 17.0. The summed E-state index contributed by atoms with van der Waals surface area (Å²) < 4.78 is 42.1. The van der Waals surface area contributed by atoms with E-state index >= 15 is 0 Å². The van der Waals surface area contributed by atoms with Crippen LogP contribution in [0.5, 0.6) is 11.5 Å². The molecule has 1 fully saturated rings. The maximum absolute atomic E-state index is 12.0. The van der Waals surface area contributed by atoms with E-state index in [-0.39, 0.29) is 41.1 Å². The average molecular weight is 640 g/mol. The number of carbonyl (C=O) groups excluding carboxylic acids is 1. The second kappa shape index (κ2) is 13.7. The number of anilines is 2. The van der Waals surface area contributed by atoms with Gasteiger partial charge >= 0.3 is 0 Å². The van der Waals surface area contributed by atoms with Crippen molar-refractivity contribution in [3.05, 3.63) is 47.1 Å². The zero-order valence-corrected chi connectivity index (χ0v) is 25.6. The number of fused-ring (bicyclic) bond motifs is 1. The molecule has 1 saturated heterocycles. The van der Waals surface area contributed by atoms with Crippen LogP contribution in [0, 0.1) is 0 Å². The first-order chi connectivity index (χ1) is 20.0. The minimum atomic E-state index is -3.38. The maximum Gasteiger partial charge on any atom is 0.243 e. The molecule has 15 heteroatoms. The molecule has 0 unspecified atom stereocenters. The van der Waals surface area contributed by atoms with Crippen molar-refractivity contribution in [3.8, 4) is 22.8 Å². The molecule has 0 spiro atoms. The number of pyridine rings is 2. The molecule has 1 amide bonds. The first-order valence-corrected chi connectivity index (χ1v) is 15.6. The van der Waals surface area contributed by atoms with Gasteiger partial charge < -0.3 is 30.2 Å². The van der Waals surface area contributed by atoms with Gasteiger partial charge in [-0.1, -0.05) is 29.8 Å². The summed E-state index contributed by atoms with van der Waals surface area (Å²) in [6, 6.07) is 4.76. The first-order valence-electron chi connectivity index (χ1n) is 12.9.